The highest BCUT2D eigenvalue weighted by atomic mass is 16.5. The van der Waals surface area contributed by atoms with Gasteiger partial charge in [0.25, 0.3) is 0 Å². The fraction of sp³-hybridized carbons (Fsp3) is 0.353. The molecule has 7 nitrogen and oxygen atoms in total. The lowest BCUT2D eigenvalue weighted by Gasteiger charge is -2.21. The molecule has 0 aliphatic rings. The van der Waals surface area contributed by atoms with Crippen molar-refractivity contribution >= 4 is 11.9 Å². The molecule has 1 heterocycles. The normalized spacial score (nSPS) is 13.1. The predicted octanol–water partition coefficient (Wildman–Crippen LogP) is 0.441. The van der Waals surface area contributed by atoms with Gasteiger partial charge in [-0.1, -0.05) is 30.3 Å². The van der Waals surface area contributed by atoms with E-state index in [0.29, 0.717) is 12.8 Å². The number of likely N-dealkylation sites (N-methyl/N-ethyl adjacent to an activating group) is 1. The Labute approximate surface area is 140 Å². The zero-order valence-electron chi connectivity index (χ0n) is 13.8. The van der Waals surface area contributed by atoms with E-state index in [4.69, 9.17) is 4.74 Å². The number of carbonyl (C=O) groups excluding carboxylic acids is 2. The van der Waals surface area contributed by atoms with Gasteiger partial charge in [0.15, 0.2) is 0 Å². The number of nitrogens with one attached hydrogen (secondary N) is 3. The Kier molecular flexibility index (Phi) is 6.51. The van der Waals surface area contributed by atoms with Crippen LogP contribution in [0.1, 0.15) is 11.3 Å². The van der Waals surface area contributed by atoms with E-state index in [0.717, 1.165) is 11.3 Å². The van der Waals surface area contributed by atoms with Crippen LogP contribution < -0.4 is 10.6 Å². The van der Waals surface area contributed by atoms with E-state index in [-0.39, 0.29) is 5.91 Å². The van der Waals surface area contributed by atoms with Crippen molar-refractivity contribution in [1.82, 2.24) is 20.6 Å². The van der Waals surface area contributed by atoms with Gasteiger partial charge in [-0.05, 0) is 19.0 Å². The summed E-state index contributed by atoms with van der Waals surface area (Å²) >= 11 is 0. The summed E-state index contributed by atoms with van der Waals surface area (Å²) in [6, 6.07) is 8.48. The van der Waals surface area contributed by atoms with Crippen LogP contribution in [0.25, 0.3) is 0 Å². The van der Waals surface area contributed by atoms with E-state index in [9.17, 15) is 9.59 Å². The number of imidazole rings is 1. The first-order valence-electron chi connectivity index (χ1n) is 7.70. The van der Waals surface area contributed by atoms with E-state index in [1.165, 1.54) is 13.4 Å². The second kappa shape index (κ2) is 8.83. The number of hydrogen-bond donors (Lipinski definition) is 3. The number of esters is 1. The number of aromatic amines is 1. The van der Waals surface area contributed by atoms with Gasteiger partial charge >= 0.3 is 5.97 Å². The number of methoxy groups -OCH3 is 1. The van der Waals surface area contributed by atoms with Crippen LogP contribution in [-0.2, 0) is 27.2 Å². The number of amides is 1. The van der Waals surface area contributed by atoms with E-state index >= 15 is 0 Å². The summed E-state index contributed by atoms with van der Waals surface area (Å²) in [5, 5.41) is 5.74. The van der Waals surface area contributed by atoms with Gasteiger partial charge in [-0.15, -0.1) is 0 Å². The highest BCUT2D eigenvalue weighted by molar-refractivity contribution is 5.87. The van der Waals surface area contributed by atoms with Gasteiger partial charge in [0.2, 0.25) is 5.91 Å². The monoisotopic (exact) mass is 330 g/mol. The number of hydrogen-bond acceptors (Lipinski definition) is 5. The van der Waals surface area contributed by atoms with Crippen LogP contribution in [0.15, 0.2) is 42.9 Å². The molecule has 2 rings (SSSR count). The van der Waals surface area contributed by atoms with Gasteiger partial charge in [-0.25, -0.2) is 9.78 Å². The number of benzene rings is 1. The van der Waals surface area contributed by atoms with Crippen molar-refractivity contribution in [2.45, 2.75) is 24.9 Å². The van der Waals surface area contributed by atoms with Crippen molar-refractivity contribution in [3.05, 3.63) is 54.1 Å². The Bertz CT molecular complexity index is 643. The third-order valence-electron chi connectivity index (χ3n) is 3.73. The van der Waals surface area contributed by atoms with Gasteiger partial charge in [0, 0.05) is 18.3 Å². The number of H-pyrrole nitrogens is 1. The minimum atomic E-state index is -0.769. The zero-order chi connectivity index (χ0) is 17.4. The molecule has 2 aromatic rings. The van der Waals surface area contributed by atoms with Crippen LogP contribution in [0.2, 0.25) is 0 Å². The van der Waals surface area contributed by atoms with Gasteiger partial charge in [-0.3, -0.25) is 4.79 Å². The molecule has 1 amide bonds. The van der Waals surface area contributed by atoms with Gasteiger partial charge in [0.05, 0.1) is 19.5 Å². The topological polar surface area (TPSA) is 96.1 Å². The third kappa shape index (κ3) is 4.92. The summed E-state index contributed by atoms with van der Waals surface area (Å²) in [4.78, 5) is 31.3. The molecule has 0 saturated heterocycles. The number of rotatable bonds is 8. The summed E-state index contributed by atoms with van der Waals surface area (Å²) in [6.45, 7) is 0. The number of aromatic nitrogens is 2. The Morgan fingerprint density at radius 2 is 1.96 bits per heavy atom. The molecule has 2 atom stereocenters. The molecule has 0 radical (unpaired) electrons. The van der Waals surface area contributed by atoms with Crippen LogP contribution in [0.4, 0.5) is 0 Å². The van der Waals surface area contributed by atoms with E-state index < -0.39 is 18.1 Å². The molecule has 0 saturated carbocycles. The summed E-state index contributed by atoms with van der Waals surface area (Å²) in [5.41, 5.74) is 1.78. The largest absolute Gasteiger partial charge is 0.467 e. The Morgan fingerprint density at radius 1 is 1.21 bits per heavy atom. The molecule has 128 valence electrons. The van der Waals surface area contributed by atoms with Crippen LogP contribution in [-0.4, -0.2) is 48.1 Å². The smallest absolute Gasteiger partial charge is 0.328 e. The SMILES string of the molecule is CN[C@@H](Cc1ccccc1)C(=O)N[C@@H](Cc1cnc[nH]1)C(=O)OC. The maximum Gasteiger partial charge on any atom is 0.328 e. The molecule has 0 fully saturated rings. The van der Waals surface area contributed by atoms with Crippen molar-refractivity contribution < 1.29 is 14.3 Å². The highest BCUT2D eigenvalue weighted by Crippen LogP contribution is 2.05. The van der Waals surface area contributed by atoms with Crippen LogP contribution in [0.5, 0.6) is 0 Å². The fourth-order valence-electron chi connectivity index (χ4n) is 2.40. The predicted molar refractivity (Wildman–Crippen MR) is 89.2 cm³/mol. The van der Waals surface area contributed by atoms with E-state index in [1.54, 1.807) is 13.2 Å². The Hall–Kier alpha value is -2.67. The lowest BCUT2D eigenvalue weighted by molar-refractivity contribution is -0.145. The second-order valence-corrected chi connectivity index (χ2v) is 5.40. The first kappa shape index (κ1) is 17.7. The standard InChI is InChI=1S/C17H22N4O3/c1-18-14(8-12-6-4-3-5-7-12)16(22)21-15(17(23)24-2)9-13-10-19-11-20-13/h3-7,10-11,14-15,18H,8-9H2,1-2H3,(H,19,20)(H,21,22)/t14-,15-/m0/s1. The molecule has 0 aliphatic heterocycles. The first-order valence-corrected chi connectivity index (χ1v) is 7.70. The first-order chi connectivity index (χ1) is 11.6. The van der Waals surface area contributed by atoms with Crippen LogP contribution in [0.3, 0.4) is 0 Å². The second-order valence-electron chi connectivity index (χ2n) is 5.40. The molecule has 0 unspecified atom stereocenters. The molecule has 0 spiro atoms. The van der Waals surface area contributed by atoms with Crippen molar-refractivity contribution in [2.75, 3.05) is 14.2 Å². The lowest BCUT2D eigenvalue weighted by Crippen LogP contribution is -2.51. The molecule has 3 N–H and O–H groups in total. The van der Waals surface area contributed by atoms with E-state index in [1.807, 2.05) is 30.3 Å². The Balaban J connectivity index is 2.03. The summed E-state index contributed by atoms with van der Waals surface area (Å²) in [7, 11) is 3.02. The minimum absolute atomic E-state index is 0.253. The number of nitrogens with zero attached hydrogens (tertiary/aromatic N) is 1. The average molecular weight is 330 g/mol. The average Bonchev–Trinajstić information content (AvgIpc) is 3.12. The van der Waals surface area contributed by atoms with Gasteiger partial charge in [-0.2, -0.15) is 0 Å². The van der Waals surface area contributed by atoms with Crippen LogP contribution >= 0.6 is 0 Å². The summed E-state index contributed by atoms with van der Waals surface area (Å²) in [6.07, 6.45) is 3.96. The van der Waals surface area contributed by atoms with Crippen molar-refractivity contribution in [3.63, 3.8) is 0 Å². The molecular formula is C17H22N4O3. The minimum Gasteiger partial charge on any atom is -0.467 e. The highest BCUT2D eigenvalue weighted by Gasteiger charge is 2.26. The maximum atomic E-state index is 12.5. The molecule has 1 aromatic carbocycles. The maximum absolute atomic E-state index is 12.5. The summed E-state index contributed by atoms with van der Waals surface area (Å²) < 4.78 is 4.79. The number of carbonyl (C=O) groups is 2. The molecule has 0 aliphatic carbocycles. The van der Waals surface area contributed by atoms with Gasteiger partial charge < -0.3 is 20.4 Å². The van der Waals surface area contributed by atoms with Crippen molar-refractivity contribution in [2.24, 2.45) is 0 Å². The third-order valence-corrected chi connectivity index (χ3v) is 3.73. The quantitative estimate of drug-likeness (QED) is 0.611. The zero-order valence-corrected chi connectivity index (χ0v) is 13.8. The molecule has 7 heteroatoms. The molecule has 0 bridgehead atoms. The lowest BCUT2D eigenvalue weighted by atomic mass is 10.0. The molecule has 1 aromatic heterocycles. The van der Waals surface area contributed by atoms with Gasteiger partial charge in [0.1, 0.15) is 6.04 Å². The summed E-state index contributed by atoms with van der Waals surface area (Å²) in [5.74, 6) is -0.746. The fourth-order valence-corrected chi connectivity index (χ4v) is 2.40. The number of ether oxygens (including phenoxy) is 1. The van der Waals surface area contributed by atoms with Crippen LogP contribution in [0, 0.1) is 0 Å². The molecule has 24 heavy (non-hydrogen) atoms. The molecular weight excluding hydrogens is 308 g/mol. The van der Waals surface area contributed by atoms with Crippen molar-refractivity contribution in [1.29, 1.82) is 0 Å². The van der Waals surface area contributed by atoms with Crippen molar-refractivity contribution in [3.8, 4) is 0 Å². The Morgan fingerprint density at radius 3 is 2.54 bits per heavy atom. The van der Waals surface area contributed by atoms with E-state index in [2.05, 4.69) is 20.6 Å².